The van der Waals surface area contributed by atoms with Gasteiger partial charge in [-0.2, -0.15) is 0 Å². The molecule has 0 saturated carbocycles. The lowest BCUT2D eigenvalue weighted by Crippen LogP contribution is -2.42. The van der Waals surface area contributed by atoms with Crippen molar-refractivity contribution in [1.82, 2.24) is 10.8 Å². The number of ether oxygens (including phenoxy) is 2. The van der Waals surface area contributed by atoms with Gasteiger partial charge in [-0.1, -0.05) is 60.7 Å². The minimum atomic E-state index is -0.565. The van der Waals surface area contributed by atoms with Gasteiger partial charge in [0.05, 0.1) is 12.6 Å². The number of rotatable bonds is 13. The molecule has 0 aromatic heterocycles. The molecule has 1 heterocycles. The summed E-state index contributed by atoms with van der Waals surface area (Å²) < 4.78 is 10.5. The third-order valence-electron chi connectivity index (χ3n) is 7.49. The molecule has 1 aliphatic rings. The Morgan fingerprint density at radius 3 is 2.23 bits per heavy atom. The fraction of sp³-hybridized carbons (Fsp3) is 0.375. The van der Waals surface area contributed by atoms with Gasteiger partial charge in [0.25, 0.3) is 5.91 Å². The van der Waals surface area contributed by atoms with Gasteiger partial charge >= 0.3 is 0 Å². The van der Waals surface area contributed by atoms with Gasteiger partial charge in [0.1, 0.15) is 6.79 Å². The lowest BCUT2D eigenvalue weighted by molar-refractivity contribution is -0.134. The Hall–Kier alpha value is -3.72. The van der Waals surface area contributed by atoms with E-state index in [-0.39, 0.29) is 25.7 Å². The number of benzene rings is 3. The van der Waals surface area contributed by atoms with Crippen LogP contribution < -0.4 is 15.7 Å². The van der Waals surface area contributed by atoms with Crippen LogP contribution in [0.25, 0.3) is 0 Å². The fourth-order valence-electron chi connectivity index (χ4n) is 5.35. The first-order valence-electron chi connectivity index (χ1n) is 13.8. The average molecular weight is 546 g/mol. The largest absolute Gasteiger partial charge is 0.371 e. The van der Waals surface area contributed by atoms with Crippen molar-refractivity contribution in [2.45, 2.75) is 37.6 Å². The summed E-state index contributed by atoms with van der Waals surface area (Å²) in [4.78, 5) is 28.0. The Balaban J connectivity index is 1.37. The Morgan fingerprint density at radius 1 is 0.950 bits per heavy atom. The molecule has 0 aliphatic carbocycles. The number of anilines is 1. The number of piperidine rings is 1. The van der Waals surface area contributed by atoms with Crippen LogP contribution >= 0.6 is 0 Å². The minimum absolute atomic E-state index is 0.0670. The van der Waals surface area contributed by atoms with Crippen LogP contribution in [0.2, 0.25) is 0 Å². The molecule has 1 saturated heterocycles. The van der Waals surface area contributed by atoms with Crippen molar-refractivity contribution < 1.29 is 24.3 Å². The first-order chi connectivity index (χ1) is 19.6. The highest BCUT2D eigenvalue weighted by atomic mass is 16.7. The van der Waals surface area contributed by atoms with Gasteiger partial charge in [0.15, 0.2) is 0 Å². The van der Waals surface area contributed by atoms with E-state index in [1.165, 1.54) is 12.7 Å². The van der Waals surface area contributed by atoms with Gasteiger partial charge in [-0.25, -0.2) is 5.48 Å². The maximum Gasteiger partial charge on any atom is 0.251 e. The Morgan fingerprint density at radius 2 is 1.60 bits per heavy atom. The molecule has 3 aromatic rings. The van der Waals surface area contributed by atoms with E-state index < -0.39 is 17.9 Å². The first kappa shape index (κ1) is 29.3. The summed E-state index contributed by atoms with van der Waals surface area (Å²) in [5, 5.41) is 12.3. The molecule has 4 rings (SSSR count). The van der Waals surface area contributed by atoms with Gasteiger partial charge in [0.2, 0.25) is 5.91 Å². The highest BCUT2D eigenvalue weighted by Crippen LogP contribution is 2.30. The third kappa shape index (κ3) is 8.39. The van der Waals surface area contributed by atoms with Gasteiger partial charge in [-0.05, 0) is 67.0 Å². The number of methoxy groups -OCH3 is 1. The SMILES string of the molecule is COCOC[C@H](C[C@H](Cc1ccccc1)C(=O)NO)NC(=O)c1ccc(N2CCC(c3ccccc3)CC2)cc1. The summed E-state index contributed by atoms with van der Waals surface area (Å²) in [6.45, 7) is 2.18. The van der Waals surface area contributed by atoms with E-state index in [2.05, 4.69) is 40.5 Å². The topological polar surface area (TPSA) is 100 Å². The van der Waals surface area contributed by atoms with Crippen LogP contribution in [0, 0.1) is 5.92 Å². The van der Waals surface area contributed by atoms with Crippen LogP contribution in [0.15, 0.2) is 84.9 Å². The van der Waals surface area contributed by atoms with Crippen molar-refractivity contribution in [1.29, 1.82) is 0 Å². The number of amides is 2. The van der Waals surface area contributed by atoms with Crippen molar-refractivity contribution in [2.24, 2.45) is 5.92 Å². The predicted molar refractivity (Wildman–Crippen MR) is 154 cm³/mol. The van der Waals surface area contributed by atoms with Crippen LogP contribution in [-0.2, 0) is 20.7 Å². The van der Waals surface area contributed by atoms with Gasteiger partial charge < -0.3 is 19.7 Å². The van der Waals surface area contributed by atoms with E-state index in [9.17, 15) is 14.8 Å². The van der Waals surface area contributed by atoms with Crippen LogP contribution in [-0.4, -0.2) is 56.7 Å². The van der Waals surface area contributed by atoms with Crippen LogP contribution in [0.4, 0.5) is 5.69 Å². The fourth-order valence-corrected chi connectivity index (χ4v) is 5.35. The van der Waals surface area contributed by atoms with Crippen LogP contribution in [0.5, 0.6) is 0 Å². The number of hydrogen-bond acceptors (Lipinski definition) is 6. The third-order valence-corrected chi connectivity index (χ3v) is 7.49. The van der Waals surface area contributed by atoms with E-state index in [1.807, 2.05) is 54.6 Å². The molecule has 2 amide bonds. The van der Waals surface area contributed by atoms with E-state index >= 15 is 0 Å². The van der Waals surface area contributed by atoms with E-state index in [0.717, 1.165) is 37.2 Å². The number of hydroxylamine groups is 1. The molecule has 40 heavy (non-hydrogen) atoms. The van der Waals surface area contributed by atoms with Crippen molar-refractivity contribution in [3.05, 3.63) is 102 Å². The van der Waals surface area contributed by atoms with E-state index in [4.69, 9.17) is 9.47 Å². The second-order valence-electron chi connectivity index (χ2n) is 10.3. The van der Waals surface area contributed by atoms with Crippen LogP contribution in [0.3, 0.4) is 0 Å². The lowest BCUT2D eigenvalue weighted by Gasteiger charge is -2.34. The van der Waals surface area contributed by atoms with Gasteiger partial charge in [0, 0.05) is 37.4 Å². The maximum atomic E-state index is 13.2. The highest BCUT2D eigenvalue weighted by molar-refractivity contribution is 5.94. The summed E-state index contributed by atoms with van der Waals surface area (Å²) in [6, 6.07) is 27.4. The van der Waals surface area contributed by atoms with Crippen molar-refractivity contribution in [3.63, 3.8) is 0 Å². The van der Waals surface area contributed by atoms with Gasteiger partial charge in [-0.15, -0.1) is 0 Å². The lowest BCUT2D eigenvalue weighted by atomic mass is 9.89. The van der Waals surface area contributed by atoms with Crippen molar-refractivity contribution in [3.8, 4) is 0 Å². The molecule has 1 aliphatic heterocycles. The molecule has 0 bridgehead atoms. The molecule has 2 atom stereocenters. The molecule has 8 heteroatoms. The molecule has 8 nitrogen and oxygen atoms in total. The number of carbonyl (C=O) groups excluding carboxylic acids is 2. The standard InChI is InChI=1S/C32H39N3O5/c1-39-23-40-22-29(21-28(32(37)34-38)20-24-8-4-2-5-9-24)33-31(36)27-12-14-30(15-13-27)35-18-16-26(17-19-35)25-10-6-3-7-11-25/h2-15,26,28-29,38H,16-23H2,1H3,(H,33,36)(H,34,37)/t28-,29-/m0/s1. The molecular weight excluding hydrogens is 506 g/mol. The minimum Gasteiger partial charge on any atom is -0.371 e. The first-order valence-corrected chi connectivity index (χ1v) is 13.8. The van der Waals surface area contributed by atoms with Crippen LogP contribution in [0.1, 0.15) is 46.7 Å². The van der Waals surface area contributed by atoms with E-state index in [0.29, 0.717) is 17.9 Å². The summed E-state index contributed by atoms with van der Waals surface area (Å²) in [6.07, 6.45) is 2.90. The molecule has 3 N–H and O–H groups in total. The highest BCUT2D eigenvalue weighted by Gasteiger charge is 2.26. The zero-order chi connectivity index (χ0) is 28.2. The number of carbonyl (C=O) groups is 2. The zero-order valence-corrected chi connectivity index (χ0v) is 23.0. The molecule has 1 fully saturated rings. The smallest absolute Gasteiger partial charge is 0.251 e. The molecule has 0 unspecified atom stereocenters. The molecule has 212 valence electrons. The molecule has 0 radical (unpaired) electrons. The Labute approximate surface area is 236 Å². The Bertz CT molecular complexity index is 1180. The van der Waals surface area contributed by atoms with E-state index in [1.54, 1.807) is 5.48 Å². The summed E-state index contributed by atoms with van der Waals surface area (Å²) in [5.74, 6) is -0.734. The average Bonchev–Trinajstić information content (AvgIpc) is 3.01. The summed E-state index contributed by atoms with van der Waals surface area (Å²) in [7, 11) is 1.52. The van der Waals surface area contributed by atoms with Crippen molar-refractivity contribution in [2.75, 3.05) is 38.5 Å². The quantitative estimate of drug-likeness (QED) is 0.126. The summed E-state index contributed by atoms with van der Waals surface area (Å²) in [5.41, 5.74) is 5.77. The van der Waals surface area contributed by atoms with Gasteiger partial charge in [-0.3, -0.25) is 14.8 Å². The predicted octanol–water partition coefficient (Wildman–Crippen LogP) is 4.54. The maximum absolute atomic E-state index is 13.2. The molecule has 0 spiro atoms. The molecule has 3 aromatic carbocycles. The number of hydrogen-bond donors (Lipinski definition) is 3. The number of nitrogens with zero attached hydrogens (tertiary/aromatic N) is 1. The number of nitrogens with one attached hydrogen (secondary N) is 2. The zero-order valence-electron chi connectivity index (χ0n) is 23.0. The second kappa shape index (κ2) is 15.2. The normalized spacial score (nSPS) is 15.3. The van der Waals surface area contributed by atoms with Crippen molar-refractivity contribution >= 4 is 17.5 Å². The molecular formula is C32H39N3O5. The Kier molecular flexibility index (Phi) is 11.1. The monoisotopic (exact) mass is 545 g/mol. The summed E-state index contributed by atoms with van der Waals surface area (Å²) >= 11 is 0. The second-order valence-corrected chi connectivity index (χ2v) is 10.3.